The first kappa shape index (κ1) is 21.2. The second kappa shape index (κ2) is 10.2. The van der Waals surface area contributed by atoms with E-state index in [1.54, 1.807) is 0 Å². The highest BCUT2D eigenvalue weighted by atomic mass is 79.9. The Bertz CT molecular complexity index is 697. The van der Waals surface area contributed by atoms with Crippen molar-refractivity contribution in [3.8, 4) is 0 Å². The number of nitrogens with zero attached hydrogens (tertiary/aromatic N) is 1. The number of benzene rings is 2. The monoisotopic (exact) mass is 403 g/mol. The minimum absolute atomic E-state index is 0. The molecule has 0 spiro atoms. The fraction of sp³-hybridized carbons (Fsp3) is 0.381. The van der Waals surface area contributed by atoms with Gasteiger partial charge in [-0.05, 0) is 60.1 Å². The number of nitrogens with one attached hydrogen (secondary N) is 1. The molecule has 0 aliphatic carbocycles. The Morgan fingerprint density at radius 2 is 1.52 bits per heavy atom. The van der Waals surface area contributed by atoms with E-state index in [1.165, 1.54) is 11.1 Å². The largest absolute Gasteiger partial charge is 0.369 e. The molecule has 2 atom stereocenters. The number of rotatable bonds is 6. The number of nitrogens with two attached hydrogens (primary N) is 1. The minimum Gasteiger partial charge on any atom is -0.369 e. The van der Waals surface area contributed by atoms with Crippen LogP contribution >= 0.6 is 17.0 Å². The molecule has 0 amide bonds. The lowest BCUT2D eigenvalue weighted by Crippen LogP contribution is -2.22. The molecule has 25 heavy (non-hydrogen) atoms. The van der Waals surface area contributed by atoms with E-state index in [1.807, 2.05) is 18.2 Å². The molecule has 0 radical (unpaired) electrons. The first-order chi connectivity index (χ1) is 11.5. The maximum Gasteiger partial charge on any atom is 0.198 e. The lowest BCUT2D eigenvalue weighted by atomic mass is 9.98. The molecule has 0 saturated heterocycles. The number of anilines is 1. The van der Waals surface area contributed by atoms with Crippen LogP contribution in [-0.4, -0.2) is 5.96 Å². The van der Waals surface area contributed by atoms with Crippen LogP contribution in [0.1, 0.15) is 63.5 Å². The Morgan fingerprint density at radius 3 is 2.12 bits per heavy atom. The quantitative estimate of drug-likeness (QED) is 0.435. The second-order valence-electron chi connectivity index (χ2n) is 6.46. The molecule has 2 aromatic carbocycles. The Hall–Kier alpha value is -1.81. The highest BCUT2D eigenvalue weighted by Crippen LogP contribution is 2.24. The number of aliphatic imine (C=N–C) groups is 1. The topological polar surface area (TPSA) is 50.4 Å². The summed E-state index contributed by atoms with van der Waals surface area (Å²) in [5.74, 6) is 1.48. The Kier molecular flexibility index (Phi) is 8.70. The average molecular weight is 404 g/mol. The van der Waals surface area contributed by atoms with Gasteiger partial charge in [-0.1, -0.05) is 52.0 Å². The van der Waals surface area contributed by atoms with Crippen molar-refractivity contribution in [1.82, 2.24) is 0 Å². The van der Waals surface area contributed by atoms with Crippen molar-refractivity contribution < 1.29 is 0 Å². The molecule has 136 valence electrons. The van der Waals surface area contributed by atoms with Crippen molar-refractivity contribution in [3.05, 3.63) is 59.7 Å². The van der Waals surface area contributed by atoms with Gasteiger partial charge in [-0.2, -0.15) is 0 Å². The van der Waals surface area contributed by atoms with Crippen LogP contribution in [0, 0.1) is 0 Å². The molecule has 0 aliphatic rings. The summed E-state index contributed by atoms with van der Waals surface area (Å²) in [4.78, 5) is 4.51. The molecule has 0 aliphatic heterocycles. The predicted molar refractivity (Wildman–Crippen MR) is 116 cm³/mol. The van der Waals surface area contributed by atoms with Gasteiger partial charge in [-0.15, -0.1) is 17.0 Å². The minimum atomic E-state index is 0. The van der Waals surface area contributed by atoms with Crippen LogP contribution in [0.25, 0.3) is 0 Å². The van der Waals surface area contributed by atoms with E-state index in [0.29, 0.717) is 17.8 Å². The van der Waals surface area contributed by atoms with Crippen LogP contribution in [0.2, 0.25) is 0 Å². The number of hydrogen-bond donors (Lipinski definition) is 2. The Labute approximate surface area is 162 Å². The van der Waals surface area contributed by atoms with E-state index < -0.39 is 0 Å². The molecule has 2 rings (SSSR count). The third-order valence-electron chi connectivity index (χ3n) is 4.64. The Morgan fingerprint density at radius 1 is 0.960 bits per heavy atom. The van der Waals surface area contributed by atoms with Gasteiger partial charge in [-0.3, -0.25) is 0 Å². The van der Waals surface area contributed by atoms with Crippen LogP contribution in [0.3, 0.4) is 0 Å². The predicted octanol–water partition coefficient (Wildman–Crippen LogP) is 6.35. The summed E-state index contributed by atoms with van der Waals surface area (Å²) in [5.41, 5.74) is 10.6. The van der Waals surface area contributed by atoms with E-state index in [0.717, 1.165) is 24.2 Å². The lowest BCUT2D eigenvalue weighted by molar-refractivity contribution is 0.734. The van der Waals surface area contributed by atoms with Crippen molar-refractivity contribution in [2.24, 2.45) is 10.7 Å². The summed E-state index contributed by atoms with van der Waals surface area (Å²) < 4.78 is 0. The zero-order valence-electron chi connectivity index (χ0n) is 15.6. The van der Waals surface area contributed by atoms with Crippen molar-refractivity contribution in [2.75, 3.05) is 5.32 Å². The fourth-order valence-electron chi connectivity index (χ4n) is 2.61. The molecular weight excluding hydrogens is 374 g/mol. The van der Waals surface area contributed by atoms with Crippen molar-refractivity contribution in [2.45, 2.75) is 52.4 Å². The van der Waals surface area contributed by atoms with E-state index >= 15 is 0 Å². The van der Waals surface area contributed by atoms with Crippen LogP contribution in [0.4, 0.5) is 11.4 Å². The van der Waals surface area contributed by atoms with Crippen LogP contribution in [0.5, 0.6) is 0 Å². The summed E-state index contributed by atoms with van der Waals surface area (Å²) in [6.45, 7) is 8.85. The zero-order valence-corrected chi connectivity index (χ0v) is 17.3. The van der Waals surface area contributed by atoms with Gasteiger partial charge in [0.1, 0.15) is 0 Å². The SMILES string of the molecule is Br.CCC(C)c1cccc(N=C(N)Nc2cccc(C(C)CC)c2)c1. The first-order valence-corrected chi connectivity index (χ1v) is 8.84. The molecule has 0 bridgehead atoms. The number of halogens is 1. The molecule has 0 saturated carbocycles. The van der Waals surface area contributed by atoms with Gasteiger partial charge in [0.05, 0.1) is 5.69 Å². The highest BCUT2D eigenvalue weighted by molar-refractivity contribution is 8.93. The zero-order chi connectivity index (χ0) is 17.5. The summed E-state index contributed by atoms with van der Waals surface area (Å²) in [5, 5.41) is 3.20. The van der Waals surface area contributed by atoms with Crippen molar-refractivity contribution in [3.63, 3.8) is 0 Å². The maximum atomic E-state index is 6.09. The lowest BCUT2D eigenvalue weighted by Gasteiger charge is -2.12. The summed E-state index contributed by atoms with van der Waals surface area (Å²) in [7, 11) is 0. The van der Waals surface area contributed by atoms with Gasteiger partial charge < -0.3 is 11.1 Å². The van der Waals surface area contributed by atoms with E-state index in [9.17, 15) is 0 Å². The van der Waals surface area contributed by atoms with Crippen LogP contribution in [-0.2, 0) is 0 Å². The molecule has 0 heterocycles. The molecular formula is C21H30BrN3. The average Bonchev–Trinajstić information content (AvgIpc) is 2.60. The van der Waals surface area contributed by atoms with Gasteiger partial charge in [0.15, 0.2) is 5.96 Å². The van der Waals surface area contributed by atoms with Gasteiger partial charge >= 0.3 is 0 Å². The summed E-state index contributed by atoms with van der Waals surface area (Å²) >= 11 is 0. The van der Waals surface area contributed by atoms with Crippen molar-refractivity contribution >= 4 is 34.3 Å². The number of guanidine groups is 1. The first-order valence-electron chi connectivity index (χ1n) is 8.84. The summed E-state index contributed by atoms with van der Waals surface area (Å²) in [6.07, 6.45) is 2.23. The van der Waals surface area contributed by atoms with Gasteiger partial charge in [0.25, 0.3) is 0 Å². The maximum absolute atomic E-state index is 6.09. The molecule has 0 fully saturated rings. The van der Waals surface area contributed by atoms with E-state index in [-0.39, 0.29) is 17.0 Å². The number of hydrogen-bond acceptors (Lipinski definition) is 1. The third kappa shape index (κ3) is 6.20. The molecule has 3 nitrogen and oxygen atoms in total. The molecule has 2 unspecified atom stereocenters. The van der Waals surface area contributed by atoms with Crippen molar-refractivity contribution in [1.29, 1.82) is 0 Å². The van der Waals surface area contributed by atoms with Gasteiger partial charge in [0, 0.05) is 5.69 Å². The molecule has 0 aromatic heterocycles. The van der Waals surface area contributed by atoms with E-state index in [2.05, 4.69) is 68.3 Å². The van der Waals surface area contributed by atoms with Crippen LogP contribution in [0.15, 0.2) is 53.5 Å². The summed E-state index contributed by atoms with van der Waals surface area (Å²) in [6, 6.07) is 16.6. The molecule has 2 aromatic rings. The smallest absolute Gasteiger partial charge is 0.198 e. The Balaban J connectivity index is 0.00000312. The standard InChI is InChI=1S/C21H29N3.BrH/c1-5-15(3)17-9-7-11-19(13-17)23-21(22)24-20-12-8-10-18(14-20)16(4)6-2;/h7-16H,5-6H2,1-4H3,(H3,22,23,24);1H. The third-order valence-corrected chi connectivity index (χ3v) is 4.64. The van der Waals surface area contributed by atoms with Crippen LogP contribution < -0.4 is 11.1 Å². The van der Waals surface area contributed by atoms with Gasteiger partial charge in [-0.25, -0.2) is 4.99 Å². The molecule has 4 heteroatoms. The second-order valence-corrected chi connectivity index (χ2v) is 6.46. The normalized spacial score (nSPS) is 13.7. The fourth-order valence-corrected chi connectivity index (χ4v) is 2.61. The highest BCUT2D eigenvalue weighted by Gasteiger charge is 2.05. The van der Waals surface area contributed by atoms with Gasteiger partial charge in [0.2, 0.25) is 0 Å². The van der Waals surface area contributed by atoms with E-state index in [4.69, 9.17) is 5.73 Å². The molecule has 3 N–H and O–H groups in total.